The summed E-state index contributed by atoms with van der Waals surface area (Å²) in [6.07, 6.45) is -5.19. The molecule has 148 valence electrons. The Labute approximate surface area is 162 Å². The Balaban J connectivity index is 1.75. The lowest BCUT2D eigenvalue weighted by molar-refractivity contribution is -0.284. The van der Waals surface area contributed by atoms with Gasteiger partial charge in [-0.25, -0.2) is 9.59 Å². The van der Waals surface area contributed by atoms with Crippen molar-refractivity contribution < 1.29 is 33.6 Å². The number of carbonyl (C=O) groups excluding carboxylic acids is 2. The first-order valence-electron chi connectivity index (χ1n) is 8.89. The second-order valence-electron chi connectivity index (χ2n) is 6.41. The third-order valence-electron chi connectivity index (χ3n) is 4.49. The molecule has 0 radical (unpaired) electrons. The van der Waals surface area contributed by atoms with Crippen LogP contribution in [0.15, 0.2) is 60.7 Å². The van der Waals surface area contributed by atoms with Gasteiger partial charge in [0.2, 0.25) is 0 Å². The molecule has 1 aliphatic heterocycles. The first-order valence-corrected chi connectivity index (χ1v) is 8.89. The molecular formula is C21H22O7. The highest BCUT2D eigenvalue weighted by atomic mass is 16.7. The molecule has 1 saturated heterocycles. The molecule has 7 nitrogen and oxygen atoms in total. The summed E-state index contributed by atoms with van der Waals surface area (Å²) >= 11 is 0. The summed E-state index contributed by atoms with van der Waals surface area (Å²) in [4.78, 5) is 24.8. The number of esters is 2. The first-order chi connectivity index (χ1) is 13.5. The molecule has 5 atom stereocenters. The van der Waals surface area contributed by atoms with Crippen LogP contribution in [0.4, 0.5) is 0 Å². The summed E-state index contributed by atoms with van der Waals surface area (Å²) in [6.45, 7) is 1.65. The number of ether oxygens (including phenoxy) is 4. The Hall–Kier alpha value is -2.74. The van der Waals surface area contributed by atoms with Crippen LogP contribution in [-0.4, -0.2) is 54.9 Å². The van der Waals surface area contributed by atoms with Crippen molar-refractivity contribution in [2.75, 3.05) is 7.11 Å². The van der Waals surface area contributed by atoms with E-state index in [0.717, 1.165) is 0 Å². The minimum Gasteiger partial charge on any atom is -0.453 e. The monoisotopic (exact) mass is 386 g/mol. The summed E-state index contributed by atoms with van der Waals surface area (Å²) in [5.41, 5.74) is 0.662. The number of hydrogen-bond donors (Lipinski definition) is 1. The fourth-order valence-corrected chi connectivity index (χ4v) is 3.00. The van der Waals surface area contributed by atoms with Crippen molar-refractivity contribution in [1.82, 2.24) is 0 Å². The van der Waals surface area contributed by atoms with Crippen molar-refractivity contribution in [3.8, 4) is 0 Å². The summed E-state index contributed by atoms with van der Waals surface area (Å²) in [7, 11) is 1.38. The van der Waals surface area contributed by atoms with Crippen molar-refractivity contribution in [1.29, 1.82) is 0 Å². The van der Waals surface area contributed by atoms with Crippen LogP contribution in [0.1, 0.15) is 27.6 Å². The van der Waals surface area contributed by atoms with E-state index in [2.05, 4.69) is 0 Å². The van der Waals surface area contributed by atoms with E-state index >= 15 is 0 Å². The fourth-order valence-electron chi connectivity index (χ4n) is 3.00. The number of rotatable bonds is 5. The summed E-state index contributed by atoms with van der Waals surface area (Å²) in [5.74, 6) is -1.25. The Morgan fingerprint density at radius 2 is 1.32 bits per heavy atom. The summed E-state index contributed by atoms with van der Waals surface area (Å²) < 4.78 is 21.8. The van der Waals surface area contributed by atoms with E-state index in [1.807, 2.05) is 0 Å². The molecule has 0 spiro atoms. The Morgan fingerprint density at radius 1 is 0.857 bits per heavy atom. The molecule has 0 amide bonds. The van der Waals surface area contributed by atoms with Gasteiger partial charge in [-0.05, 0) is 31.2 Å². The van der Waals surface area contributed by atoms with E-state index < -0.39 is 42.6 Å². The number of hydrogen-bond acceptors (Lipinski definition) is 7. The predicted octanol–water partition coefficient (Wildman–Crippen LogP) is 2.19. The SMILES string of the molecule is COC1O[C@H](C)[C@@H](OC(=O)c2ccccc2)[C@@H](O)[C@H]1OC(=O)c1ccccc1. The number of benzene rings is 2. The molecule has 0 aliphatic carbocycles. The van der Waals surface area contributed by atoms with E-state index in [-0.39, 0.29) is 0 Å². The standard InChI is InChI=1S/C21H22O7/c1-13-17(27-19(23)14-9-5-3-6-10-14)16(22)18(21(25-2)26-13)28-20(24)15-11-7-4-8-12-15/h3-13,16-18,21-22H,1-2H3/t13-,16-,17-,18-,21?/m1/s1. The average molecular weight is 386 g/mol. The lowest BCUT2D eigenvalue weighted by Crippen LogP contribution is -2.59. The predicted molar refractivity (Wildman–Crippen MR) is 98.6 cm³/mol. The van der Waals surface area contributed by atoms with Crippen LogP contribution in [0.5, 0.6) is 0 Å². The fraction of sp³-hybridized carbons (Fsp3) is 0.333. The molecule has 3 rings (SSSR count). The second kappa shape index (κ2) is 8.97. The number of aliphatic hydroxyl groups excluding tert-OH is 1. The molecule has 1 unspecified atom stereocenters. The van der Waals surface area contributed by atoms with Crippen LogP contribution in [0, 0.1) is 0 Å². The normalized spacial score (nSPS) is 27.0. The van der Waals surface area contributed by atoms with Gasteiger partial charge in [-0.2, -0.15) is 0 Å². The van der Waals surface area contributed by atoms with Crippen LogP contribution in [0.25, 0.3) is 0 Å². The van der Waals surface area contributed by atoms with Crippen LogP contribution in [-0.2, 0) is 18.9 Å². The van der Waals surface area contributed by atoms with Gasteiger partial charge in [-0.1, -0.05) is 36.4 Å². The third kappa shape index (κ3) is 4.39. The minimum atomic E-state index is -1.32. The van der Waals surface area contributed by atoms with Gasteiger partial charge < -0.3 is 24.1 Å². The molecule has 1 aliphatic rings. The lowest BCUT2D eigenvalue weighted by Gasteiger charge is -2.41. The van der Waals surface area contributed by atoms with Crippen LogP contribution < -0.4 is 0 Å². The number of aliphatic hydroxyl groups is 1. The first kappa shape index (κ1) is 20.0. The van der Waals surface area contributed by atoms with Crippen molar-refractivity contribution in [2.45, 2.75) is 37.6 Å². The Bertz CT molecular complexity index is 793. The largest absolute Gasteiger partial charge is 0.453 e. The highest BCUT2D eigenvalue weighted by Crippen LogP contribution is 2.27. The Morgan fingerprint density at radius 3 is 1.79 bits per heavy atom. The topological polar surface area (TPSA) is 91.3 Å². The third-order valence-corrected chi connectivity index (χ3v) is 4.49. The van der Waals surface area contributed by atoms with Crippen molar-refractivity contribution in [3.63, 3.8) is 0 Å². The number of methoxy groups -OCH3 is 1. The van der Waals surface area contributed by atoms with Crippen LogP contribution >= 0.6 is 0 Å². The molecule has 1 fully saturated rings. The maximum absolute atomic E-state index is 12.4. The summed E-state index contributed by atoms with van der Waals surface area (Å²) in [6, 6.07) is 16.8. The maximum atomic E-state index is 12.4. The van der Waals surface area contributed by atoms with Crippen molar-refractivity contribution in [3.05, 3.63) is 71.8 Å². The molecule has 7 heteroatoms. The second-order valence-corrected chi connectivity index (χ2v) is 6.41. The van der Waals surface area contributed by atoms with E-state index in [1.54, 1.807) is 67.6 Å². The highest BCUT2D eigenvalue weighted by molar-refractivity contribution is 5.90. The van der Waals surface area contributed by atoms with Gasteiger partial charge in [0.05, 0.1) is 17.2 Å². The maximum Gasteiger partial charge on any atom is 0.338 e. The molecule has 2 aromatic rings. The van der Waals surface area contributed by atoms with Gasteiger partial charge >= 0.3 is 11.9 Å². The molecular weight excluding hydrogens is 364 g/mol. The van der Waals surface area contributed by atoms with E-state index in [1.165, 1.54) is 7.11 Å². The Kier molecular flexibility index (Phi) is 6.41. The van der Waals surface area contributed by atoms with Gasteiger partial charge in [0.15, 0.2) is 18.5 Å². The number of carbonyl (C=O) groups is 2. The van der Waals surface area contributed by atoms with Crippen molar-refractivity contribution in [2.24, 2.45) is 0 Å². The molecule has 0 bridgehead atoms. The van der Waals surface area contributed by atoms with Gasteiger partial charge in [-0.15, -0.1) is 0 Å². The zero-order chi connectivity index (χ0) is 20.1. The van der Waals surface area contributed by atoms with E-state index in [9.17, 15) is 14.7 Å². The van der Waals surface area contributed by atoms with E-state index in [4.69, 9.17) is 18.9 Å². The van der Waals surface area contributed by atoms with Gasteiger partial charge in [0.25, 0.3) is 0 Å². The molecule has 1 heterocycles. The smallest absolute Gasteiger partial charge is 0.338 e. The van der Waals surface area contributed by atoms with E-state index in [0.29, 0.717) is 11.1 Å². The van der Waals surface area contributed by atoms with Gasteiger partial charge in [-0.3, -0.25) is 0 Å². The van der Waals surface area contributed by atoms with Crippen LogP contribution in [0.2, 0.25) is 0 Å². The lowest BCUT2D eigenvalue weighted by atomic mass is 9.99. The molecule has 1 N–H and O–H groups in total. The zero-order valence-corrected chi connectivity index (χ0v) is 15.6. The average Bonchev–Trinajstić information content (AvgIpc) is 2.73. The van der Waals surface area contributed by atoms with Gasteiger partial charge in [0.1, 0.15) is 6.10 Å². The molecule has 0 saturated carbocycles. The molecule has 2 aromatic carbocycles. The molecule has 0 aromatic heterocycles. The summed E-state index contributed by atoms with van der Waals surface area (Å²) in [5, 5.41) is 10.8. The zero-order valence-electron chi connectivity index (χ0n) is 15.6. The van der Waals surface area contributed by atoms with Crippen molar-refractivity contribution >= 4 is 11.9 Å². The van der Waals surface area contributed by atoms with Gasteiger partial charge in [0, 0.05) is 7.11 Å². The quantitative estimate of drug-likeness (QED) is 0.788. The van der Waals surface area contributed by atoms with Crippen LogP contribution in [0.3, 0.4) is 0 Å². The molecule has 28 heavy (non-hydrogen) atoms. The highest BCUT2D eigenvalue weighted by Gasteiger charge is 2.48. The minimum absolute atomic E-state index is 0.320.